The average molecular weight is 275 g/mol. The van der Waals surface area contributed by atoms with Crippen molar-refractivity contribution in [2.45, 2.75) is 26.4 Å². The SMILES string of the molecule is CCOC(=O)C(CC)C(O)c1ccc(F)c(Cl)c1. The molecule has 1 N–H and O–H groups in total. The van der Waals surface area contributed by atoms with Crippen molar-refractivity contribution in [2.75, 3.05) is 6.61 Å². The lowest BCUT2D eigenvalue weighted by atomic mass is 9.93. The summed E-state index contributed by atoms with van der Waals surface area (Å²) in [5.74, 6) is -1.70. The third-order valence-corrected chi connectivity index (χ3v) is 2.99. The third-order valence-electron chi connectivity index (χ3n) is 2.70. The van der Waals surface area contributed by atoms with Crippen LogP contribution in [0.15, 0.2) is 18.2 Å². The lowest BCUT2D eigenvalue weighted by Crippen LogP contribution is -2.24. The molecule has 1 rings (SSSR count). The fourth-order valence-corrected chi connectivity index (χ4v) is 1.89. The normalized spacial score (nSPS) is 14.1. The number of ether oxygens (including phenoxy) is 1. The molecular weight excluding hydrogens is 259 g/mol. The van der Waals surface area contributed by atoms with Crippen LogP contribution in [0.4, 0.5) is 4.39 Å². The van der Waals surface area contributed by atoms with Gasteiger partial charge in [0.2, 0.25) is 0 Å². The van der Waals surface area contributed by atoms with E-state index in [1.54, 1.807) is 13.8 Å². The van der Waals surface area contributed by atoms with E-state index in [4.69, 9.17) is 16.3 Å². The van der Waals surface area contributed by atoms with E-state index in [0.717, 1.165) is 0 Å². The predicted molar refractivity (Wildman–Crippen MR) is 66.8 cm³/mol. The summed E-state index contributed by atoms with van der Waals surface area (Å²) in [7, 11) is 0. The van der Waals surface area contributed by atoms with Gasteiger partial charge in [0, 0.05) is 0 Å². The zero-order chi connectivity index (χ0) is 13.7. The van der Waals surface area contributed by atoms with Crippen molar-refractivity contribution in [3.05, 3.63) is 34.6 Å². The van der Waals surface area contributed by atoms with E-state index in [1.165, 1.54) is 18.2 Å². The summed E-state index contributed by atoms with van der Waals surface area (Å²) >= 11 is 5.64. The first-order chi connectivity index (χ1) is 8.51. The highest BCUT2D eigenvalue weighted by Crippen LogP contribution is 2.28. The Morgan fingerprint density at radius 1 is 1.50 bits per heavy atom. The number of halogens is 2. The van der Waals surface area contributed by atoms with Crippen molar-refractivity contribution >= 4 is 17.6 Å². The van der Waals surface area contributed by atoms with Gasteiger partial charge in [0.25, 0.3) is 0 Å². The number of esters is 1. The molecule has 1 aromatic rings. The number of hydrogen-bond acceptors (Lipinski definition) is 3. The Morgan fingerprint density at radius 3 is 2.67 bits per heavy atom. The summed E-state index contributed by atoms with van der Waals surface area (Å²) in [5, 5.41) is 10.0. The van der Waals surface area contributed by atoms with Gasteiger partial charge in [-0.2, -0.15) is 0 Å². The van der Waals surface area contributed by atoms with E-state index in [0.29, 0.717) is 12.0 Å². The van der Waals surface area contributed by atoms with Crippen LogP contribution in [-0.2, 0) is 9.53 Å². The van der Waals surface area contributed by atoms with Gasteiger partial charge in [-0.1, -0.05) is 24.6 Å². The molecule has 3 nitrogen and oxygen atoms in total. The molecule has 0 spiro atoms. The van der Waals surface area contributed by atoms with Crippen LogP contribution in [0.3, 0.4) is 0 Å². The number of aliphatic hydroxyl groups excluding tert-OH is 1. The van der Waals surface area contributed by atoms with Gasteiger partial charge in [-0.3, -0.25) is 4.79 Å². The molecule has 2 unspecified atom stereocenters. The monoisotopic (exact) mass is 274 g/mol. The molecule has 0 heterocycles. The van der Waals surface area contributed by atoms with Gasteiger partial charge >= 0.3 is 5.97 Å². The number of carbonyl (C=O) groups is 1. The van der Waals surface area contributed by atoms with E-state index in [-0.39, 0.29) is 11.6 Å². The van der Waals surface area contributed by atoms with Crippen LogP contribution in [0.2, 0.25) is 5.02 Å². The molecule has 0 saturated heterocycles. The Labute approximate surface area is 111 Å². The third kappa shape index (κ3) is 3.43. The highest BCUT2D eigenvalue weighted by Gasteiger charge is 2.28. The standard InChI is InChI=1S/C13H16ClFO3/c1-3-9(13(17)18-4-2)12(16)8-5-6-11(15)10(14)7-8/h5-7,9,12,16H,3-4H2,1-2H3. The molecule has 1 aromatic carbocycles. The molecule has 0 saturated carbocycles. The molecule has 0 aliphatic rings. The Morgan fingerprint density at radius 2 is 2.17 bits per heavy atom. The first kappa shape index (κ1) is 14.9. The van der Waals surface area contributed by atoms with Crippen LogP contribution in [0.1, 0.15) is 31.9 Å². The van der Waals surface area contributed by atoms with Gasteiger partial charge in [0.05, 0.1) is 23.7 Å². The Balaban J connectivity index is 2.92. The fraction of sp³-hybridized carbons (Fsp3) is 0.462. The number of benzene rings is 1. The molecule has 0 aliphatic heterocycles. The largest absolute Gasteiger partial charge is 0.466 e. The minimum Gasteiger partial charge on any atom is -0.466 e. The lowest BCUT2D eigenvalue weighted by Gasteiger charge is -2.20. The Kier molecular flexibility index (Phi) is 5.56. The molecule has 0 aromatic heterocycles. The molecule has 2 atom stereocenters. The number of hydrogen-bond donors (Lipinski definition) is 1. The summed E-state index contributed by atoms with van der Waals surface area (Å²) in [6, 6.07) is 3.90. The van der Waals surface area contributed by atoms with Gasteiger partial charge in [-0.15, -0.1) is 0 Å². The van der Waals surface area contributed by atoms with Gasteiger partial charge in [0.15, 0.2) is 0 Å². The highest BCUT2D eigenvalue weighted by atomic mass is 35.5. The van der Waals surface area contributed by atoms with E-state index in [1.807, 2.05) is 0 Å². The van der Waals surface area contributed by atoms with Crippen LogP contribution < -0.4 is 0 Å². The smallest absolute Gasteiger partial charge is 0.311 e. The molecule has 18 heavy (non-hydrogen) atoms. The summed E-state index contributed by atoms with van der Waals surface area (Å²) in [5.41, 5.74) is 0.404. The van der Waals surface area contributed by atoms with Crippen molar-refractivity contribution in [2.24, 2.45) is 5.92 Å². The zero-order valence-corrected chi connectivity index (χ0v) is 11.1. The van der Waals surface area contributed by atoms with Crippen molar-refractivity contribution in [3.63, 3.8) is 0 Å². The van der Waals surface area contributed by atoms with Crippen LogP contribution >= 0.6 is 11.6 Å². The van der Waals surface area contributed by atoms with E-state index in [9.17, 15) is 14.3 Å². The lowest BCUT2D eigenvalue weighted by molar-refractivity contribution is -0.152. The quantitative estimate of drug-likeness (QED) is 0.839. The maximum absolute atomic E-state index is 13.0. The maximum atomic E-state index is 13.0. The van der Waals surface area contributed by atoms with Crippen LogP contribution in [0.5, 0.6) is 0 Å². The molecule has 100 valence electrons. The molecule has 0 radical (unpaired) electrons. The minimum atomic E-state index is -1.05. The second-order valence-corrected chi connectivity index (χ2v) is 4.29. The van der Waals surface area contributed by atoms with Gasteiger partial charge < -0.3 is 9.84 Å². The topological polar surface area (TPSA) is 46.5 Å². The molecule has 0 aliphatic carbocycles. The Hall–Kier alpha value is -1.13. The minimum absolute atomic E-state index is 0.0785. The fourth-order valence-electron chi connectivity index (χ4n) is 1.70. The zero-order valence-electron chi connectivity index (χ0n) is 10.3. The maximum Gasteiger partial charge on any atom is 0.311 e. The summed E-state index contributed by atoms with van der Waals surface area (Å²) in [6.07, 6.45) is -0.623. The second kappa shape index (κ2) is 6.71. The molecular formula is C13H16ClFO3. The Bertz CT molecular complexity index is 423. The van der Waals surface area contributed by atoms with Crippen LogP contribution in [-0.4, -0.2) is 17.7 Å². The summed E-state index contributed by atoms with van der Waals surface area (Å²) in [4.78, 5) is 11.7. The van der Waals surface area contributed by atoms with E-state index < -0.39 is 23.8 Å². The summed E-state index contributed by atoms with van der Waals surface area (Å²) < 4.78 is 17.9. The highest BCUT2D eigenvalue weighted by molar-refractivity contribution is 6.30. The van der Waals surface area contributed by atoms with Crippen LogP contribution in [0.25, 0.3) is 0 Å². The first-order valence-electron chi connectivity index (χ1n) is 5.80. The number of rotatable bonds is 5. The molecule has 0 amide bonds. The van der Waals surface area contributed by atoms with Gasteiger partial charge in [0.1, 0.15) is 5.82 Å². The number of aliphatic hydroxyl groups is 1. The first-order valence-corrected chi connectivity index (χ1v) is 6.18. The van der Waals surface area contributed by atoms with Gasteiger partial charge in [-0.05, 0) is 31.0 Å². The van der Waals surface area contributed by atoms with Crippen molar-refractivity contribution in [1.29, 1.82) is 0 Å². The van der Waals surface area contributed by atoms with E-state index in [2.05, 4.69) is 0 Å². The molecule has 5 heteroatoms. The van der Waals surface area contributed by atoms with Crippen LogP contribution in [0, 0.1) is 11.7 Å². The molecule has 0 bridgehead atoms. The van der Waals surface area contributed by atoms with Gasteiger partial charge in [-0.25, -0.2) is 4.39 Å². The average Bonchev–Trinajstić information content (AvgIpc) is 2.33. The number of carbonyl (C=O) groups excluding carboxylic acids is 1. The van der Waals surface area contributed by atoms with E-state index >= 15 is 0 Å². The van der Waals surface area contributed by atoms with Crippen molar-refractivity contribution < 1.29 is 19.0 Å². The van der Waals surface area contributed by atoms with Crippen molar-refractivity contribution in [1.82, 2.24) is 0 Å². The molecule has 0 fully saturated rings. The second-order valence-electron chi connectivity index (χ2n) is 3.89. The summed E-state index contributed by atoms with van der Waals surface area (Å²) in [6.45, 7) is 3.73. The predicted octanol–water partition coefficient (Wildman–Crippen LogP) is 3.10. The van der Waals surface area contributed by atoms with Crippen molar-refractivity contribution in [3.8, 4) is 0 Å².